The maximum absolute atomic E-state index is 13.7. The summed E-state index contributed by atoms with van der Waals surface area (Å²) < 4.78 is 36.3. The predicted molar refractivity (Wildman–Crippen MR) is 152 cm³/mol. The quantitative estimate of drug-likeness (QED) is 0.0991. The second-order valence-electron chi connectivity index (χ2n) is 9.72. The molecule has 0 unspecified atom stereocenters. The predicted octanol–water partition coefficient (Wildman–Crippen LogP) is 1.69. The van der Waals surface area contributed by atoms with Crippen LogP contribution in [0.15, 0.2) is 33.0 Å². The Morgan fingerprint density at radius 3 is 2.59 bits per heavy atom. The summed E-state index contributed by atoms with van der Waals surface area (Å²) in [5.41, 5.74) is 3.69. The number of piperazine rings is 1. The number of aryl methyl sites for hydroxylation is 2. The lowest BCUT2D eigenvalue weighted by Crippen LogP contribution is -2.49. The summed E-state index contributed by atoms with van der Waals surface area (Å²) in [6, 6.07) is 4.60. The summed E-state index contributed by atoms with van der Waals surface area (Å²) in [7, 11) is -2.16. The van der Waals surface area contributed by atoms with E-state index >= 15 is 0 Å². The number of fused-ring (bicyclic) bond motifs is 1. The molecule has 0 spiro atoms. The summed E-state index contributed by atoms with van der Waals surface area (Å²) in [5, 5.41) is 20.9. The van der Waals surface area contributed by atoms with Gasteiger partial charge in [0.05, 0.1) is 35.6 Å². The number of oxime groups is 1. The van der Waals surface area contributed by atoms with Gasteiger partial charge in [-0.15, -0.1) is 0 Å². The van der Waals surface area contributed by atoms with Gasteiger partial charge in [-0.1, -0.05) is 31.1 Å². The van der Waals surface area contributed by atoms with Crippen molar-refractivity contribution in [2.24, 2.45) is 12.2 Å². The van der Waals surface area contributed by atoms with Gasteiger partial charge in [-0.3, -0.25) is 19.7 Å². The molecule has 0 bridgehead atoms. The molecule has 4 N–H and O–H groups in total. The molecule has 15 heteroatoms. The van der Waals surface area contributed by atoms with Crippen molar-refractivity contribution in [1.29, 1.82) is 0 Å². The van der Waals surface area contributed by atoms with E-state index in [1.54, 1.807) is 23.3 Å². The fraction of sp³-hybridized carbons (Fsp3) is 0.500. The van der Waals surface area contributed by atoms with Crippen molar-refractivity contribution in [3.63, 3.8) is 0 Å². The third kappa shape index (κ3) is 6.45. The number of aromatic amines is 1. The minimum Gasteiger partial charge on any atom is -0.493 e. The number of nitrogens with one attached hydrogen (secondary N) is 2. The Kier molecular flexibility index (Phi) is 10.1. The van der Waals surface area contributed by atoms with Crippen LogP contribution in [0.4, 0.5) is 0 Å². The molecule has 0 amide bonds. The van der Waals surface area contributed by atoms with Gasteiger partial charge in [0.15, 0.2) is 0 Å². The fourth-order valence-corrected chi connectivity index (χ4v) is 6.48. The van der Waals surface area contributed by atoms with Crippen LogP contribution >= 0.6 is 0 Å². The van der Waals surface area contributed by atoms with Crippen molar-refractivity contribution in [3.05, 3.63) is 39.8 Å². The van der Waals surface area contributed by atoms with Gasteiger partial charge < -0.3 is 19.5 Å². The molecule has 4 rings (SSSR count). The van der Waals surface area contributed by atoms with E-state index in [9.17, 15) is 18.4 Å². The maximum atomic E-state index is 13.7. The summed E-state index contributed by atoms with van der Waals surface area (Å²) >= 11 is 0. The van der Waals surface area contributed by atoms with E-state index in [1.165, 1.54) is 22.7 Å². The molecule has 2 aromatic heterocycles. The minimum absolute atomic E-state index is 0.0651. The van der Waals surface area contributed by atoms with E-state index in [0.717, 1.165) is 18.4 Å². The van der Waals surface area contributed by atoms with Gasteiger partial charge in [0.1, 0.15) is 22.6 Å². The topological polar surface area (TPSA) is 175 Å². The van der Waals surface area contributed by atoms with Gasteiger partial charge in [-0.25, -0.2) is 13.4 Å². The van der Waals surface area contributed by atoms with Gasteiger partial charge in [0, 0.05) is 45.3 Å². The number of rotatable bonds is 13. The average Bonchev–Trinajstić information content (AvgIpc) is 3.23. The van der Waals surface area contributed by atoms with E-state index < -0.39 is 15.6 Å². The molecule has 14 nitrogen and oxygen atoms in total. The molecule has 0 saturated carbocycles. The number of hydrogen-bond acceptors (Lipinski definition) is 11. The number of aromatic nitrogens is 3. The Hall–Kier alpha value is -3.34. The molecule has 224 valence electrons. The third-order valence-electron chi connectivity index (χ3n) is 7.08. The van der Waals surface area contributed by atoms with Crippen LogP contribution in [0.25, 0.3) is 22.4 Å². The fourth-order valence-electron chi connectivity index (χ4n) is 5.03. The largest absolute Gasteiger partial charge is 0.493 e. The van der Waals surface area contributed by atoms with Crippen LogP contribution in [0.3, 0.4) is 0 Å². The van der Waals surface area contributed by atoms with Crippen LogP contribution in [-0.2, 0) is 28.3 Å². The SMILES string of the molecule is CCCOc1ccc(S(=O)(=O)N2CCN(CCONO)CC2)cc1-c1nc2c(CCC)c(/C=N/O)n(C)c2c(=O)[nH]1. The molecule has 1 aliphatic rings. The normalized spacial score (nSPS) is 15.3. The first-order valence-electron chi connectivity index (χ1n) is 13.6. The highest BCUT2D eigenvalue weighted by molar-refractivity contribution is 7.89. The van der Waals surface area contributed by atoms with Crippen molar-refractivity contribution in [1.82, 2.24) is 29.4 Å². The van der Waals surface area contributed by atoms with Crippen molar-refractivity contribution in [3.8, 4) is 17.1 Å². The number of hydrogen-bond donors (Lipinski definition) is 4. The highest BCUT2D eigenvalue weighted by Crippen LogP contribution is 2.33. The van der Waals surface area contributed by atoms with Gasteiger partial charge in [0.25, 0.3) is 5.56 Å². The number of benzene rings is 1. The minimum atomic E-state index is -3.86. The third-order valence-corrected chi connectivity index (χ3v) is 8.97. The molecular weight excluding hydrogens is 554 g/mol. The first-order chi connectivity index (χ1) is 19.8. The molecule has 1 aromatic carbocycles. The molecule has 1 fully saturated rings. The number of sulfonamides is 1. The molecule has 1 saturated heterocycles. The first kappa shape index (κ1) is 30.6. The van der Waals surface area contributed by atoms with Crippen molar-refractivity contribution >= 4 is 27.3 Å². The van der Waals surface area contributed by atoms with Crippen LogP contribution in [0.5, 0.6) is 5.75 Å². The van der Waals surface area contributed by atoms with E-state index in [1.807, 2.05) is 18.7 Å². The zero-order valence-electron chi connectivity index (χ0n) is 23.5. The van der Waals surface area contributed by atoms with Crippen molar-refractivity contribution in [2.75, 3.05) is 45.9 Å². The Morgan fingerprint density at radius 1 is 1.17 bits per heavy atom. The van der Waals surface area contributed by atoms with E-state index in [2.05, 4.69) is 10.1 Å². The highest BCUT2D eigenvalue weighted by atomic mass is 32.2. The van der Waals surface area contributed by atoms with Crippen molar-refractivity contribution in [2.45, 2.75) is 38.0 Å². The van der Waals surface area contributed by atoms with Gasteiger partial charge in [-0.05, 0) is 31.0 Å². The standard InChI is InChI=1S/C26H37N7O7S/c1-4-6-19-21(17-27-35)31(3)24-23(19)28-25(29-26(24)34)20-16-18(7-8-22(20)39-14-5-2)41(37,38)33-11-9-32(10-12-33)13-15-40-30-36/h7-8,16-17,30,35-36H,4-6,9-15H2,1-3H3,(H,28,29,34)/b27-17+. The van der Waals surface area contributed by atoms with Gasteiger partial charge in [0.2, 0.25) is 10.0 Å². The summed E-state index contributed by atoms with van der Waals surface area (Å²) in [4.78, 5) is 27.8. The van der Waals surface area contributed by atoms with Crippen LogP contribution in [0.2, 0.25) is 0 Å². The summed E-state index contributed by atoms with van der Waals surface area (Å²) in [5.74, 6) is 0.587. The number of nitrogens with zero attached hydrogens (tertiary/aromatic N) is 5. The van der Waals surface area contributed by atoms with Crippen LogP contribution < -0.4 is 15.9 Å². The lowest BCUT2D eigenvalue weighted by molar-refractivity contribution is -0.130. The first-order valence-corrected chi connectivity index (χ1v) is 15.0. The van der Waals surface area contributed by atoms with E-state index in [4.69, 9.17) is 19.8 Å². The zero-order chi connectivity index (χ0) is 29.6. The number of H-pyrrole nitrogens is 1. The van der Waals surface area contributed by atoms with Crippen LogP contribution in [0, 0.1) is 0 Å². The molecule has 3 aromatic rings. The smallest absolute Gasteiger partial charge is 0.275 e. The molecule has 0 radical (unpaired) electrons. The van der Waals surface area contributed by atoms with E-state index in [-0.39, 0.29) is 17.3 Å². The molecule has 0 aliphatic carbocycles. The lowest BCUT2D eigenvalue weighted by atomic mass is 10.1. The summed E-state index contributed by atoms with van der Waals surface area (Å²) in [6.45, 7) is 6.76. The lowest BCUT2D eigenvalue weighted by Gasteiger charge is -2.33. The molecule has 0 atom stereocenters. The Morgan fingerprint density at radius 2 is 1.93 bits per heavy atom. The number of ether oxygens (including phenoxy) is 1. The average molecular weight is 592 g/mol. The maximum Gasteiger partial charge on any atom is 0.275 e. The summed E-state index contributed by atoms with van der Waals surface area (Å²) in [6.07, 6.45) is 3.38. The molecule has 1 aliphatic heterocycles. The van der Waals surface area contributed by atoms with Crippen LogP contribution in [0.1, 0.15) is 37.9 Å². The van der Waals surface area contributed by atoms with E-state index in [0.29, 0.717) is 73.8 Å². The zero-order valence-corrected chi connectivity index (χ0v) is 24.3. The Balaban J connectivity index is 1.76. The van der Waals surface area contributed by atoms with Crippen LogP contribution in [-0.4, -0.2) is 94.7 Å². The molecule has 3 heterocycles. The Labute approximate surface area is 238 Å². The molecule has 41 heavy (non-hydrogen) atoms. The monoisotopic (exact) mass is 591 g/mol. The van der Waals surface area contributed by atoms with Gasteiger partial charge >= 0.3 is 0 Å². The van der Waals surface area contributed by atoms with Crippen molar-refractivity contribution < 1.29 is 28.4 Å². The second-order valence-corrected chi connectivity index (χ2v) is 11.7. The highest BCUT2D eigenvalue weighted by Gasteiger charge is 2.30. The second kappa shape index (κ2) is 13.5. The Bertz CT molecular complexity index is 1540. The molecular formula is C26H37N7O7S. The van der Waals surface area contributed by atoms with Gasteiger partial charge in [-0.2, -0.15) is 4.31 Å².